The highest BCUT2D eigenvalue weighted by Crippen LogP contribution is 2.07. The molecule has 16 heavy (non-hydrogen) atoms. The first kappa shape index (κ1) is 11.5. The molecule has 86 valence electrons. The van der Waals surface area contributed by atoms with Gasteiger partial charge in [0, 0.05) is 7.05 Å². The number of aromatic nitrogens is 4. The Kier molecular flexibility index (Phi) is 2.51. The zero-order chi connectivity index (χ0) is 12.2. The molecule has 0 aromatic carbocycles. The number of rotatable bonds is 0. The smallest absolute Gasteiger partial charge is 0.288 e. The molecule has 0 saturated heterocycles. The second-order valence-electron chi connectivity index (χ2n) is 3.04. The van der Waals surface area contributed by atoms with Crippen molar-refractivity contribution >= 4 is 49.6 Å². The van der Waals surface area contributed by atoms with Gasteiger partial charge in [0.1, 0.15) is 0 Å². The van der Waals surface area contributed by atoms with E-state index in [1.165, 1.54) is 7.05 Å². The Morgan fingerprint density at radius 1 is 0.875 bits per heavy atom. The summed E-state index contributed by atoms with van der Waals surface area (Å²) in [5.41, 5.74) is -1.99. The maximum atomic E-state index is 11.7. The van der Waals surface area contributed by atoms with Crippen molar-refractivity contribution in [2.45, 2.75) is 0 Å². The van der Waals surface area contributed by atoms with Crippen molar-refractivity contribution in [3.05, 3.63) is 31.3 Å². The lowest BCUT2D eigenvalue weighted by Crippen LogP contribution is -2.33. The van der Waals surface area contributed by atoms with Gasteiger partial charge in [0.25, 0.3) is 5.56 Å². The number of imidazole rings is 1. The summed E-state index contributed by atoms with van der Waals surface area (Å²) in [6, 6.07) is 0. The molecule has 0 aliphatic heterocycles. The Morgan fingerprint density at radius 3 is 1.94 bits per heavy atom. The van der Waals surface area contributed by atoms with Crippen molar-refractivity contribution < 1.29 is 0 Å². The monoisotopic (exact) mass is 278 g/mol. The fraction of sp³-hybridized carbons (Fsp3) is 0.167. The van der Waals surface area contributed by atoms with Gasteiger partial charge >= 0.3 is 11.4 Å². The molecule has 2 rings (SSSR count). The summed E-state index contributed by atoms with van der Waals surface area (Å²) >= 11 is 11.5. The maximum Gasteiger partial charge on any atom is 0.352 e. The molecule has 0 N–H and O–H groups in total. The van der Waals surface area contributed by atoms with Gasteiger partial charge < -0.3 is 0 Å². The van der Waals surface area contributed by atoms with Crippen molar-refractivity contribution in [3.63, 3.8) is 0 Å². The highest BCUT2D eigenvalue weighted by molar-refractivity contribution is 7.80. The van der Waals surface area contributed by atoms with E-state index in [-0.39, 0.29) is 11.2 Å². The number of hydrogen-bond donors (Lipinski definition) is 3. The molecule has 0 saturated carbocycles. The van der Waals surface area contributed by atoms with Crippen LogP contribution >= 0.6 is 38.4 Å². The number of thiol groups is 3. The van der Waals surface area contributed by atoms with Crippen LogP contribution in [0.25, 0.3) is 11.2 Å². The Morgan fingerprint density at radius 2 is 1.38 bits per heavy atom. The first-order chi connectivity index (χ1) is 7.37. The quantitative estimate of drug-likeness (QED) is 0.527. The van der Waals surface area contributed by atoms with Crippen LogP contribution in [0.15, 0.2) is 14.4 Å². The highest BCUT2D eigenvalue weighted by Gasteiger charge is 2.18. The third-order valence-corrected chi connectivity index (χ3v) is 3.25. The van der Waals surface area contributed by atoms with Crippen molar-refractivity contribution in [2.24, 2.45) is 7.05 Å². The fourth-order valence-electron chi connectivity index (χ4n) is 1.38. The van der Waals surface area contributed by atoms with Gasteiger partial charge in [0.2, 0.25) is 0 Å². The van der Waals surface area contributed by atoms with Gasteiger partial charge in [-0.1, -0.05) is 38.4 Å². The number of hydrogen-bond acceptors (Lipinski definition) is 6. The average molecular weight is 278 g/mol. The van der Waals surface area contributed by atoms with E-state index in [9.17, 15) is 14.4 Å². The zero-order valence-corrected chi connectivity index (χ0v) is 10.5. The molecule has 0 spiro atoms. The first-order valence-electron chi connectivity index (χ1n) is 3.95. The van der Waals surface area contributed by atoms with Gasteiger partial charge in [-0.3, -0.25) is 9.36 Å². The molecule has 0 fully saturated rings. The normalized spacial score (nSPS) is 11.2. The van der Waals surface area contributed by atoms with E-state index in [1.54, 1.807) is 0 Å². The fourth-order valence-corrected chi connectivity index (χ4v) is 2.29. The minimum atomic E-state index is -0.766. The summed E-state index contributed by atoms with van der Waals surface area (Å²) in [5, 5.41) is 0. The van der Waals surface area contributed by atoms with E-state index >= 15 is 0 Å². The largest absolute Gasteiger partial charge is 0.352 e. The summed E-state index contributed by atoms with van der Waals surface area (Å²) in [4.78, 5) is 34.8. The Bertz CT molecular complexity index is 764. The van der Waals surface area contributed by atoms with E-state index in [1.807, 2.05) is 0 Å². The van der Waals surface area contributed by atoms with Crippen LogP contribution in [0.1, 0.15) is 0 Å². The van der Waals surface area contributed by atoms with Crippen molar-refractivity contribution in [1.29, 1.82) is 0 Å². The van der Waals surface area contributed by atoms with Crippen LogP contribution < -0.4 is 16.9 Å². The maximum absolute atomic E-state index is 11.7. The molecule has 0 amide bonds. The minimum absolute atomic E-state index is 0.00426. The summed E-state index contributed by atoms with van der Waals surface area (Å²) in [7, 11) is 1.39. The molecule has 0 bridgehead atoms. The molecule has 2 heterocycles. The zero-order valence-electron chi connectivity index (χ0n) is 7.86. The van der Waals surface area contributed by atoms with Crippen LogP contribution in [-0.4, -0.2) is 16.5 Å². The van der Waals surface area contributed by atoms with Gasteiger partial charge in [-0.25, -0.2) is 21.5 Å². The molecule has 7 nitrogen and oxygen atoms in total. The molecular weight excluding hydrogens is 272 g/mol. The summed E-state index contributed by atoms with van der Waals surface area (Å²) < 4.78 is 3.35. The van der Waals surface area contributed by atoms with Gasteiger partial charge in [-0.05, 0) is 0 Å². The van der Waals surface area contributed by atoms with Crippen molar-refractivity contribution in [3.8, 4) is 0 Å². The molecule has 2 aromatic heterocycles. The summed E-state index contributed by atoms with van der Waals surface area (Å²) in [6.45, 7) is 0. The van der Waals surface area contributed by atoms with E-state index in [2.05, 4.69) is 38.4 Å². The molecule has 0 atom stereocenters. The van der Waals surface area contributed by atoms with E-state index in [0.29, 0.717) is 3.97 Å². The van der Waals surface area contributed by atoms with Crippen LogP contribution in [0.5, 0.6) is 0 Å². The van der Waals surface area contributed by atoms with Crippen LogP contribution in [0.2, 0.25) is 0 Å². The predicted octanol–water partition coefficient (Wildman–Crippen LogP) is -1.26. The topological polar surface area (TPSA) is 70.9 Å². The predicted molar refractivity (Wildman–Crippen MR) is 68.9 cm³/mol. The first-order valence-corrected chi connectivity index (χ1v) is 5.15. The lowest BCUT2D eigenvalue weighted by atomic mass is 10.5. The number of fused-ring (bicyclic) bond motifs is 1. The Hall–Kier alpha value is -1.000. The molecule has 0 unspecified atom stereocenters. The standard InChI is InChI=1S/C6H6N4O3S3/c1-7-2-3(8(14)5(7)12)9(15)6(13)10(16)4(2)11/h14-16H,1H3. The summed E-state index contributed by atoms with van der Waals surface area (Å²) in [6.07, 6.45) is 0. The van der Waals surface area contributed by atoms with Gasteiger partial charge in [0.05, 0.1) is 0 Å². The lowest BCUT2D eigenvalue weighted by Gasteiger charge is -2.02. The van der Waals surface area contributed by atoms with Gasteiger partial charge in [-0.2, -0.15) is 0 Å². The second kappa shape index (κ2) is 3.50. The Labute approximate surface area is 105 Å². The number of aryl methyl sites for hydroxylation is 1. The van der Waals surface area contributed by atoms with Gasteiger partial charge in [0.15, 0.2) is 11.2 Å². The van der Waals surface area contributed by atoms with Crippen LogP contribution in [0.4, 0.5) is 0 Å². The molecule has 0 aliphatic rings. The van der Waals surface area contributed by atoms with Gasteiger partial charge in [-0.15, -0.1) is 0 Å². The average Bonchev–Trinajstić information content (AvgIpc) is 2.48. The van der Waals surface area contributed by atoms with E-state index < -0.39 is 16.9 Å². The summed E-state index contributed by atoms with van der Waals surface area (Å²) in [5.74, 6) is 0. The van der Waals surface area contributed by atoms with Crippen molar-refractivity contribution in [2.75, 3.05) is 0 Å². The number of nitrogens with zero attached hydrogens (tertiary/aromatic N) is 4. The third kappa shape index (κ3) is 1.23. The van der Waals surface area contributed by atoms with Crippen molar-refractivity contribution in [1.82, 2.24) is 16.5 Å². The highest BCUT2D eigenvalue weighted by atomic mass is 32.1. The van der Waals surface area contributed by atoms with Crippen LogP contribution in [0.3, 0.4) is 0 Å². The lowest BCUT2D eigenvalue weighted by molar-refractivity contribution is 0.872. The molecular formula is C6H6N4O3S3. The third-order valence-electron chi connectivity index (χ3n) is 2.17. The van der Waals surface area contributed by atoms with E-state index in [4.69, 9.17) is 0 Å². The second-order valence-corrected chi connectivity index (χ2v) is 4.24. The van der Waals surface area contributed by atoms with Crippen LogP contribution in [-0.2, 0) is 7.05 Å². The minimum Gasteiger partial charge on any atom is -0.288 e. The van der Waals surface area contributed by atoms with E-state index in [0.717, 1.165) is 12.5 Å². The molecule has 0 aliphatic carbocycles. The van der Waals surface area contributed by atoms with Crippen LogP contribution in [0, 0.1) is 0 Å². The Balaban J connectivity index is 3.36. The molecule has 10 heteroatoms. The SMILES string of the molecule is Cn1c(=O)n(S)c2c1c(=O)n(S)c(=O)n2S. The molecule has 0 radical (unpaired) electrons. The molecule has 2 aromatic rings.